The molecule has 0 unspecified atom stereocenters. The van der Waals surface area contributed by atoms with Crippen molar-refractivity contribution in [3.8, 4) is 6.07 Å². The third-order valence-electron chi connectivity index (χ3n) is 4.97. The van der Waals surface area contributed by atoms with E-state index >= 15 is 0 Å². The van der Waals surface area contributed by atoms with E-state index in [0.29, 0.717) is 38.4 Å². The number of piperazine rings is 1. The number of hydrogen-bond donors (Lipinski definition) is 0. The molecule has 2 heterocycles. The maximum absolute atomic E-state index is 12.8. The number of anilines is 1. The molecular weight excluding hydrogens is 345 g/mol. The Hall–Kier alpha value is -2.27. The van der Waals surface area contributed by atoms with Crippen LogP contribution in [0.25, 0.3) is 0 Å². The Morgan fingerprint density at radius 2 is 1.73 bits per heavy atom. The van der Waals surface area contributed by atoms with Crippen molar-refractivity contribution in [3.63, 3.8) is 0 Å². The number of likely N-dealkylation sites (tertiary alicyclic amines) is 1. The predicted molar refractivity (Wildman–Crippen MR) is 90.6 cm³/mol. The van der Waals surface area contributed by atoms with E-state index in [1.165, 1.54) is 6.07 Å². The Morgan fingerprint density at radius 3 is 2.31 bits per heavy atom. The van der Waals surface area contributed by atoms with Crippen LogP contribution in [0.15, 0.2) is 18.2 Å². The van der Waals surface area contributed by atoms with Crippen LogP contribution in [0.2, 0.25) is 0 Å². The average Bonchev–Trinajstić information content (AvgIpc) is 3.13. The van der Waals surface area contributed by atoms with Crippen molar-refractivity contribution in [1.82, 2.24) is 9.80 Å². The predicted octanol–water partition coefficient (Wildman–Crippen LogP) is 2.32. The summed E-state index contributed by atoms with van der Waals surface area (Å²) in [4.78, 5) is 18.2. The first-order valence-electron chi connectivity index (χ1n) is 8.75. The van der Waals surface area contributed by atoms with Gasteiger partial charge in [0.05, 0.1) is 23.4 Å². The van der Waals surface area contributed by atoms with Crippen molar-refractivity contribution < 1.29 is 18.0 Å². The van der Waals surface area contributed by atoms with Gasteiger partial charge < -0.3 is 9.80 Å². The van der Waals surface area contributed by atoms with Crippen molar-refractivity contribution in [3.05, 3.63) is 29.3 Å². The summed E-state index contributed by atoms with van der Waals surface area (Å²) in [5.74, 6) is 0.0967. The van der Waals surface area contributed by atoms with Crippen molar-refractivity contribution in [2.24, 2.45) is 0 Å². The van der Waals surface area contributed by atoms with Crippen LogP contribution in [0.1, 0.15) is 24.0 Å². The lowest BCUT2D eigenvalue weighted by atomic mass is 10.1. The highest BCUT2D eigenvalue weighted by atomic mass is 19.4. The summed E-state index contributed by atoms with van der Waals surface area (Å²) < 4.78 is 38.4. The monoisotopic (exact) mass is 366 g/mol. The summed E-state index contributed by atoms with van der Waals surface area (Å²) in [6, 6.07) is 5.10. The fourth-order valence-corrected chi connectivity index (χ4v) is 3.51. The van der Waals surface area contributed by atoms with Crippen molar-refractivity contribution in [2.75, 3.05) is 50.7 Å². The Morgan fingerprint density at radius 1 is 1.08 bits per heavy atom. The highest BCUT2D eigenvalue weighted by Crippen LogP contribution is 2.33. The summed E-state index contributed by atoms with van der Waals surface area (Å²) >= 11 is 0. The molecule has 0 N–H and O–H groups in total. The van der Waals surface area contributed by atoms with Gasteiger partial charge in [-0.3, -0.25) is 9.69 Å². The average molecular weight is 366 g/mol. The van der Waals surface area contributed by atoms with Gasteiger partial charge in [0.25, 0.3) is 0 Å². The largest absolute Gasteiger partial charge is 0.416 e. The first-order chi connectivity index (χ1) is 12.4. The minimum absolute atomic E-state index is 0.0108. The van der Waals surface area contributed by atoms with E-state index in [1.54, 1.807) is 4.90 Å². The highest BCUT2D eigenvalue weighted by molar-refractivity contribution is 5.78. The summed E-state index contributed by atoms with van der Waals surface area (Å²) in [7, 11) is 0. The molecule has 0 aromatic heterocycles. The Bertz CT molecular complexity index is 699. The van der Waals surface area contributed by atoms with Gasteiger partial charge >= 0.3 is 6.18 Å². The molecule has 2 fully saturated rings. The molecule has 8 heteroatoms. The minimum Gasteiger partial charge on any atom is -0.367 e. The lowest BCUT2D eigenvalue weighted by molar-refractivity contribution is -0.137. The van der Waals surface area contributed by atoms with Gasteiger partial charge in [-0.05, 0) is 44.1 Å². The van der Waals surface area contributed by atoms with Gasteiger partial charge in [-0.15, -0.1) is 0 Å². The van der Waals surface area contributed by atoms with Gasteiger partial charge in [0, 0.05) is 26.2 Å². The molecule has 140 valence electrons. The second kappa shape index (κ2) is 7.54. The molecule has 5 nitrogen and oxygen atoms in total. The van der Waals surface area contributed by atoms with E-state index < -0.39 is 11.7 Å². The number of amides is 1. The van der Waals surface area contributed by atoms with Crippen molar-refractivity contribution in [2.45, 2.75) is 19.0 Å². The molecule has 1 aromatic rings. The summed E-state index contributed by atoms with van der Waals surface area (Å²) in [5.41, 5.74) is -0.318. The molecule has 3 rings (SSSR count). The van der Waals surface area contributed by atoms with Gasteiger partial charge in [0.15, 0.2) is 0 Å². The molecule has 2 aliphatic heterocycles. The lowest BCUT2D eigenvalue weighted by Crippen LogP contribution is -2.51. The highest BCUT2D eigenvalue weighted by Gasteiger charge is 2.32. The van der Waals surface area contributed by atoms with Crippen LogP contribution in [-0.2, 0) is 11.0 Å². The van der Waals surface area contributed by atoms with Crippen LogP contribution in [-0.4, -0.2) is 61.5 Å². The summed E-state index contributed by atoms with van der Waals surface area (Å²) in [6.07, 6.45) is -2.21. The minimum atomic E-state index is -4.47. The molecule has 2 aliphatic rings. The Labute approximate surface area is 150 Å². The number of halogens is 3. The van der Waals surface area contributed by atoms with E-state index in [-0.39, 0.29) is 11.5 Å². The van der Waals surface area contributed by atoms with E-state index in [1.807, 2.05) is 11.0 Å². The summed E-state index contributed by atoms with van der Waals surface area (Å²) in [6.45, 7) is 4.39. The molecule has 2 saturated heterocycles. The van der Waals surface area contributed by atoms with Gasteiger partial charge in [-0.2, -0.15) is 18.4 Å². The quantitative estimate of drug-likeness (QED) is 0.824. The number of benzene rings is 1. The SMILES string of the molecule is N#Cc1cc(C(F)(F)F)ccc1N1CCN(C(=O)CN2CCCC2)CC1. The van der Waals surface area contributed by atoms with Gasteiger partial charge in [-0.1, -0.05) is 0 Å². The Kier molecular flexibility index (Phi) is 5.37. The van der Waals surface area contributed by atoms with Crippen LogP contribution in [0, 0.1) is 11.3 Å². The van der Waals surface area contributed by atoms with E-state index in [0.717, 1.165) is 38.1 Å². The molecule has 0 saturated carbocycles. The third-order valence-corrected chi connectivity index (χ3v) is 4.97. The lowest BCUT2D eigenvalue weighted by Gasteiger charge is -2.37. The zero-order valence-corrected chi connectivity index (χ0v) is 14.4. The molecular formula is C18H21F3N4O. The number of rotatable bonds is 3. The van der Waals surface area contributed by atoms with E-state index in [4.69, 9.17) is 0 Å². The molecule has 1 aromatic carbocycles. The standard InChI is InChI=1S/C18H21F3N4O/c19-18(20,21)15-3-4-16(14(11-15)12-22)24-7-9-25(10-8-24)17(26)13-23-5-1-2-6-23/h3-4,11H,1-2,5-10,13H2. The maximum Gasteiger partial charge on any atom is 0.416 e. The molecule has 0 radical (unpaired) electrons. The number of carbonyl (C=O) groups excluding carboxylic acids is 1. The van der Waals surface area contributed by atoms with Crippen LogP contribution >= 0.6 is 0 Å². The number of alkyl halides is 3. The fourth-order valence-electron chi connectivity index (χ4n) is 3.51. The van der Waals surface area contributed by atoms with E-state index in [2.05, 4.69) is 4.90 Å². The molecule has 26 heavy (non-hydrogen) atoms. The maximum atomic E-state index is 12.8. The molecule has 0 aliphatic carbocycles. The first kappa shape index (κ1) is 18.5. The smallest absolute Gasteiger partial charge is 0.367 e. The van der Waals surface area contributed by atoms with Crippen LogP contribution < -0.4 is 4.90 Å². The molecule has 0 bridgehead atoms. The van der Waals surface area contributed by atoms with Crippen LogP contribution in [0.3, 0.4) is 0 Å². The van der Waals surface area contributed by atoms with Gasteiger partial charge in [-0.25, -0.2) is 0 Å². The second-order valence-corrected chi connectivity index (χ2v) is 6.69. The summed E-state index contributed by atoms with van der Waals surface area (Å²) in [5, 5.41) is 9.22. The number of nitrogens with zero attached hydrogens (tertiary/aromatic N) is 4. The van der Waals surface area contributed by atoms with Crippen LogP contribution in [0.4, 0.5) is 18.9 Å². The fraction of sp³-hybridized carbons (Fsp3) is 0.556. The third kappa shape index (κ3) is 4.10. The second-order valence-electron chi connectivity index (χ2n) is 6.69. The van der Waals surface area contributed by atoms with Crippen molar-refractivity contribution in [1.29, 1.82) is 5.26 Å². The van der Waals surface area contributed by atoms with Gasteiger partial charge in [0.2, 0.25) is 5.91 Å². The first-order valence-corrected chi connectivity index (χ1v) is 8.75. The number of hydrogen-bond acceptors (Lipinski definition) is 4. The normalized spacial score (nSPS) is 18.8. The molecule has 0 spiro atoms. The van der Waals surface area contributed by atoms with Gasteiger partial charge in [0.1, 0.15) is 6.07 Å². The Balaban J connectivity index is 1.62. The topological polar surface area (TPSA) is 50.6 Å². The zero-order valence-electron chi connectivity index (χ0n) is 14.4. The zero-order chi connectivity index (χ0) is 18.7. The molecule has 0 atom stereocenters. The van der Waals surface area contributed by atoms with Crippen LogP contribution in [0.5, 0.6) is 0 Å². The van der Waals surface area contributed by atoms with E-state index in [9.17, 15) is 23.2 Å². The number of nitriles is 1. The number of carbonyl (C=O) groups is 1. The molecule has 1 amide bonds. The van der Waals surface area contributed by atoms with Crippen molar-refractivity contribution >= 4 is 11.6 Å².